The number of nitrogens with zero attached hydrogens (tertiary/aromatic N) is 2. The molecule has 0 N–H and O–H groups in total. The molecule has 0 aromatic carbocycles. The van der Waals surface area contributed by atoms with Gasteiger partial charge in [0.15, 0.2) is 0 Å². The summed E-state index contributed by atoms with van der Waals surface area (Å²) in [5.41, 5.74) is 0.745. The molecule has 7 heteroatoms. The van der Waals surface area contributed by atoms with E-state index in [1.54, 1.807) is 6.92 Å². The van der Waals surface area contributed by atoms with Crippen LogP contribution in [0.5, 0.6) is 0 Å². The number of fused-ring (bicyclic) bond motifs is 1. The molecular formula is C17H24N2O4S. The number of thiophene rings is 1. The molecule has 0 aliphatic rings. The molecule has 2 aromatic rings. The molecule has 0 aliphatic heterocycles. The topological polar surface area (TPSA) is 70.4 Å². The fraction of sp³-hybridized carbons (Fsp3) is 0.588. The summed E-state index contributed by atoms with van der Waals surface area (Å²) >= 11 is 1.50. The molecule has 0 amide bonds. The Kier molecular flexibility index (Phi) is 6.51. The molecule has 0 fully saturated rings. The predicted octanol–water partition coefficient (Wildman–Crippen LogP) is 2.74. The Morgan fingerprint density at radius 1 is 1.21 bits per heavy atom. The predicted molar refractivity (Wildman–Crippen MR) is 94.8 cm³/mol. The van der Waals surface area contributed by atoms with Gasteiger partial charge in [-0.15, -0.1) is 11.3 Å². The van der Waals surface area contributed by atoms with Crippen molar-refractivity contribution in [1.82, 2.24) is 9.55 Å². The summed E-state index contributed by atoms with van der Waals surface area (Å²) in [6.07, 6.45) is 2.06. The number of hydrogen-bond acceptors (Lipinski definition) is 6. The zero-order valence-corrected chi connectivity index (χ0v) is 15.5. The molecule has 0 saturated carbocycles. The average Bonchev–Trinajstić information content (AvgIpc) is 2.81. The summed E-state index contributed by atoms with van der Waals surface area (Å²) in [4.78, 5) is 30.9. The van der Waals surface area contributed by atoms with E-state index in [1.165, 1.54) is 15.9 Å². The number of aromatic nitrogens is 2. The number of unbranched alkanes of at least 4 members (excludes halogenated alkanes) is 1. The van der Waals surface area contributed by atoms with Crippen molar-refractivity contribution in [2.24, 2.45) is 0 Å². The first-order valence-electron chi connectivity index (χ1n) is 8.16. The molecular weight excluding hydrogens is 328 g/mol. The average molecular weight is 352 g/mol. The molecule has 2 rings (SSSR count). The second-order valence-electron chi connectivity index (χ2n) is 5.70. The van der Waals surface area contributed by atoms with Crippen LogP contribution in [0.2, 0.25) is 0 Å². The zero-order valence-electron chi connectivity index (χ0n) is 14.7. The second kappa shape index (κ2) is 8.39. The molecule has 24 heavy (non-hydrogen) atoms. The van der Waals surface area contributed by atoms with E-state index in [-0.39, 0.29) is 18.7 Å². The van der Waals surface area contributed by atoms with Gasteiger partial charge in [0.2, 0.25) is 0 Å². The highest BCUT2D eigenvalue weighted by Gasteiger charge is 2.16. The van der Waals surface area contributed by atoms with Crippen LogP contribution in [-0.4, -0.2) is 35.3 Å². The summed E-state index contributed by atoms with van der Waals surface area (Å²) < 4.78 is 11.9. The van der Waals surface area contributed by atoms with Crippen molar-refractivity contribution in [2.75, 3.05) is 19.8 Å². The first-order valence-corrected chi connectivity index (χ1v) is 8.97. The lowest BCUT2D eigenvalue weighted by molar-refractivity contribution is -0.146. The number of rotatable bonds is 8. The summed E-state index contributed by atoms with van der Waals surface area (Å²) in [5.74, 6) is 0.0648. The van der Waals surface area contributed by atoms with Gasteiger partial charge in [0.25, 0.3) is 5.56 Å². The number of hydrogen-bond donors (Lipinski definition) is 0. The Hall–Kier alpha value is -1.73. The highest BCUT2D eigenvalue weighted by molar-refractivity contribution is 7.18. The summed E-state index contributed by atoms with van der Waals surface area (Å²) in [7, 11) is 0. The van der Waals surface area contributed by atoms with Crippen LogP contribution in [-0.2, 0) is 20.8 Å². The van der Waals surface area contributed by atoms with Crippen LogP contribution < -0.4 is 5.56 Å². The zero-order chi connectivity index (χ0) is 17.7. The maximum atomic E-state index is 12.7. The molecule has 0 spiro atoms. The van der Waals surface area contributed by atoms with Crippen molar-refractivity contribution in [3.63, 3.8) is 0 Å². The van der Waals surface area contributed by atoms with Crippen molar-refractivity contribution in [3.8, 4) is 0 Å². The molecule has 2 heterocycles. The summed E-state index contributed by atoms with van der Waals surface area (Å²) in [6.45, 7) is 8.80. The van der Waals surface area contributed by atoms with Crippen LogP contribution in [0.15, 0.2) is 4.79 Å². The molecule has 132 valence electrons. The third-order valence-electron chi connectivity index (χ3n) is 3.90. The Bertz CT molecular complexity index is 779. The highest BCUT2D eigenvalue weighted by Crippen LogP contribution is 2.26. The molecule has 0 saturated heterocycles. The monoisotopic (exact) mass is 352 g/mol. The van der Waals surface area contributed by atoms with Gasteiger partial charge in [0, 0.05) is 11.5 Å². The van der Waals surface area contributed by atoms with E-state index in [0.717, 1.165) is 28.1 Å². The van der Waals surface area contributed by atoms with E-state index < -0.39 is 5.97 Å². The Morgan fingerprint density at radius 2 is 1.96 bits per heavy atom. The maximum Gasteiger partial charge on any atom is 0.326 e. The van der Waals surface area contributed by atoms with Gasteiger partial charge in [-0.1, -0.05) is 13.3 Å². The van der Waals surface area contributed by atoms with Gasteiger partial charge in [0.1, 0.15) is 23.8 Å². The Morgan fingerprint density at radius 3 is 2.67 bits per heavy atom. The minimum atomic E-state index is -0.454. The highest BCUT2D eigenvalue weighted by atomic mass is 32.1. The van der Waals surface area contributed by atoms with Crippen LogP contribution in [0.1, 0.15) is 36.0 Å². The summed E-state index contributed by atoms with van der Waals surface area (Å²) in [6, 6.07) is 0. The Balaban J connectivity index is 2.03. The van der Waals surface area contributed by atoms with E-state index in [1.807, 2.05) is 13.8 Å². The number of esters is 1. The van der Waals surface area contributed by atoms with Gasteiger partial charge in [-0.2, -0.15) is 0 Å². The Labute approximate surface area is 145 Å². The first-order chi connectivity index (χ1) is 11.5. The van der Waals surface area contributed by atoms with Crippen LogP contribution in [0.4, 0.5) is 0 Å². The van der Waals surface area contributed by atoms with Gasteiger partial charge in [0.05, 0.1) is 12.0 Å². The number of aryl methyl sites for hydroxylation is 3. The standard InChI is InChI=1S/C17H24N2O4S/c1-5-6-7-22-8-9-23-14(20)10-19-13(4)18-16-15(17(19)21)11(2)12(3)24-16/h5-10H2,1-4H3. The molecule has 0 aliphatic carbocycles. The molecule has 0 bridgehead atoms. The van der Waals surface area contributed by atoms with Crippen LogP contribution in [0.25, 0.3) is 10.2 Å². The lowest BCUT2D eigenvalue weighted by Crippen LogP contribution is -2.28. The lowest BCUT2D eigenvalue weighted by Gasteiger charge is -2.10. The van der Waals surface area contributed by atoms with Crippen LogP contribution in [0, 0.1) is 20.8 Å². The molecule has 6 nitrogen and oxygen atoms in total. The van der Waals surface area contributed by atoms with Crippen molar-refractivity contribution < 1.29 is 14.3 Å². The quantitative estimate of drug-likeness (QED) is 0.540. The van der Waals surface area contributed by atoms with Crippen molar-refractivity contribution >= 4 is 27.5 Å². The SMILES string of the molecule is CCCCOCCOC(=O)Cn1c(C)nc2sc(C)c(C)c2c1=O. The smallest absolute Gasteiger partial charge is 0.326 e. The third kappa shape index (κ3) is 4.21. The van der Waals surface area contributed by atoms with Crippen LogP contribution in [0.3, 0.4) is 0 Å². The van der Waals surface area contributed by atoms with E-state index in [9.17, 15) is 9.59 Å². The van der Waals surface area contributed by atoms with Crippen molar-refractivity contribution in [1.29, 1.82) is 0 Å². The van der Waals surface area contributed by atoms with E-state index in [2.05, 4.69) is 11.9 Å². The van der Waals surface area contributed by atoms with Crippen molar-refractivity contribution in [3.05, 3.63) is 26.6 Å². The van der Waals surface area contributed by atoms with E-state index in [4.69, 9.17) is 9.47 Å². The molecule has 0 radical (unpaired) electrons. The molecule has 0 atom stereocenters. The number of carbonyl (C=O) groups is 1. The summed E-state index contributed by atoms with van der Waals surface area (Å²) in [5, 5.41) is 0.596. The van der Waals surface area contributed by atoms with E-state index >= 15 is 0 Å². The minimum absolute atomic E-state index is 0.128. The van der Waals surface area contributed by atoms with Gasteiger partial charge in [-0.05, 0) is 32.8 Å². The fourth-order valence-corrected chi connectivity index (χ4v) is 3.42. The van der Waals surface area contributed by atoms with Gasteiger partial charge in [-0.3, -0.25) is 14.2 Å². The minimum Gasteiger partial charge on any atom is -0.462 e. The third-order valence-corrected chi connectivity index (χ3v) is 5.00. The maximum absolute atomic E-state index is 12.7. The first kappa shape index (κ1) is 18.6. The largest absolute Gasteiger partial charge is 0.462 e. The fourth-order valence-electron chi connectivity index (χ4n) is 2.35. The number of carbonyl (C=O) groups excluding carboxylic acids is 1. The normalized spacial score (nSPS) is 11.2. The molecule has 0 unspecified atom stereocenters. The number of ether oxygens (including phenoxy) is 2. The van der Waals surface area contributed by atoms with Gasteiger partial charge >= 0.3 is 5.97 Å². The molecule has 2 aromatic heterocycles. The van der Waals surface area contributed by atoms with Gasteiger partial charge < -0.3 is 9.47 Å². The second-order valence-corrected chi connectivity index (χ2v) is 6.90. The van der Waals surface area contributed by atoms with Crippen LogP contribution >= 0.6 is 11.3 Å². The van der Waals surface area contributed by atoms with E-state index in [0.29, 0.717) is 24.4 Å². The lowest BCUT2D eigenvalue weighted by atomic mass is 10.2. The van der Waals surface area contributed by atoms with Crippen molar-refractivity contribution in [2.45, 2.75) is 47.1 Å². The van der Waals surface area contributed by atoms with Gasteiger partial charge in [-0.25, -0.2) is 4.98 Å².